The largest absolute Gasteiger partial charge is 0.506 e. The van der Waals surface area contributed by atoms with Gasteiger partial charge >= 0.3 is 0 Å². The summed E-state index contributed by atoms with van der Waals surface area (Å²) in [5, 5.41) is 9.55. The number of phenolic OH excluding ortho intramolecular Hbond substituents is 1. The molecule has 0 amide bonds. The molecule has 0 aromatic heterocycles. The van der Waals surface area contributed by atoms with Gasteiger partial charge in [0.25, 0.3) is 0 Å². The zero-order valence-corrected chi connectivity index (χ0v) is 10.7. The molecular formula is C10H11NOZn. The zero-order valence-electron chi connectivity index (χ0n) is 7.70. The van der Waals surface area contributed by atoms with Crippen LogP contribution < -0.4 is 4.90 Å². The Morgan fingerprint density at radius 1 is 1.38 bits per heavy atom. The molecule has 1 N–H and O–H groups in total. The number of aromatic hydroxyl groups is 1. The smallest absolute Gasteiger partial charge is 0.139 e. The standard InChI is InChI=1S/C10H11NO.Zn/c1-11-7-3-5-8-4-2-6-9(12)10(8)11;/h2-4,6-7,12H,5H2,1H3;. The molecule has 0 atom stereocenters. The average Bonchev–Trinajstić information content (AvgIpc) is 2.04. The molecule has 1 aliphatic rings. The van der Waals surface area contributed by atoms with Crippen molar-refractivity contribution in [3.05, 3.63) is 36.0 Å². The first-order valence-corrected chi connectivity index (χ1v) is 3.99. The van der Waals surface area contributed by atoms with E-state index >= 15 is 0 Å². The summed E-state index contributed by atoms with van der Waals surface area (Å²) in [4.78, 5) is 1.94. The van der Waals surface area contributed by atoms with E-state index in [1.807, 2.05) is 30.3 Å². The maximum Gasteiger partial charge on any atom is 0.139 e. The molecule has 0 unspecified atom stereocenters. The zero-order chi connectivity index (χ0) is 8.55. The molecule has 0 radical (unpaired) electrons. The van der Waals surface area contributed by atoms with Crippen molar-refractivity contribution in [3.63, 3.8) is 0 Å². The summed E-state index contributed by atoms with van der Waals surface area (Å²) in [7, 11) is 1.94. The molecule has 2 rings (SSSR count). The number of anilines is 1. The summed E-state index contributed by atoms with van der Waals surface area (Å²) in [6, 6.07) is 5.63. The topological polar surface area (TPSA) is 23.5 Å². The van der Waals surface area contributed by atoms with Crippen LogP contribution in [0, 0.1) is 0 Å². The van der Waals surface area contributed by atoms with Crippen LogP contribution in [0.15, 0.2) is 30.5 Å². The second-order valence-corrected chi connectivity index (χ2v) is 2.98. The van der Waals surface area contributed by atoms with Crippen molar-refractivity contribution in [2.75, 3.05) is 11.9 Å². The molecule has 0 saturated carbocycles. The Balaban J connectivity index is 0.000000845. The quantitative estimate of drug-likeness (QED) is 0.683. The number of allylic oxidation sites excluding steroid dienone is 1. The number of hydrogen-bond acceptors (Lipinski definition) is 2. The van der Waals surface area contributed by atoms with E-state index in [1.165, 1.54) is 5.56 Å². The van der Waals surface area contributed by atoms with Crippen molar-refractivity contribution in [3.8, 4) is 5.75 Å². The SMILES string of the molecule is CN1C=CCc2cccc(O)c21.[Zn]. The van der Waals surface area contributed by atoms with Gasteiger partial charge in [-0.3, -0.25) is 0 Å². The van der Waals surface area contributed by atoms with E-state index in [1.54, 1.807) is 6.07 Å². The molecular weight excluding hydrogens is 216 g/mol. The van der Waals surface area contributed by atoms with E-state index in [4.69, 9.17) is 0 Å². The maximum absolute atomic E-state index is 9.55. The van der Waals surface area contributed by atoms with E-state index < -0.39 is 0 Å². The Kier molecular flexibility index (Phi) is 3.10. The Morgan fingerprint density at radius 2 is 2.15 bits per heavy atom. The van der Waals surface area contributed by atoms with Crippen molar-refractivity contribution in [1.82, 2.24) is 0 Å². The van der Waals surface area contributed by atoms with Gasteiger partial charge in [0.15, 0.2) is 0 Å². The first-order valence-electron chi connectivity index (χ1n) is 3.99. The van der Waals surface area contributed by atoms with Crippen LogP contribution in [0.4, 0.5) is 5.69 Å². The molecule has 2 nitrogen and oxygen atoms in total. The molecule has 0 bridgehead atoms. The first-order chi connectivity index (χ1) is 5.79. The minimum Gasteiger partial charge on any atom is -0.506 e. The monoisotopic (exact) mass is 225 g/mol. The number of phenols is 1. The van der Waals surface area contributed by atoms with Crippen LogP contribution in [-0.4, -0.2) is 12.2 Å². The number of rotatable bonds is 0. The molecule has 1 aromatic carbocycles. The predicted octanol–water partition coefficient (Wildman–Crippen LogP) is 1.90. The van der Waals surface area contributed by atoms with Crippen molar-refractivity contribution in [2.24, 2.45) is 0 Å². The van der Waals surface area contributed by atoms with Crippen molar-refractivity contribution < 1.29 is 24.6 Å². The maximum atomic E-state index is 9.55. The molecule has 3 heteroatoms. The number of fused-ring (bicyclic) bond motifs is 1. The molecule has 0 spiro atoms. The number of hydrogen-bond donors (Lipinski definition) is 1. The number of nitrogens with zero attached hydrogens (tertiary/aromatic N) is 1. The fourth-order valence-corrected chi connectivity index (χ4v) is 1.56. The molecule has 13 heavy (non-hydrogen) atoms. The molecule has 0 saturated heterocycles. The second kappa shape index (κ2) is 3.93. The predicted molar refractivity (Wildman–Crippen MR) is 49.4 cm³/mol. The Hall–Kier alpha value is -0.817. The fraction of sp³-hybridized carbons (Fsp3) is 0.200. The third kappa shape index (κ3) is 1.75. The van der Waals surface area contributed by atoms with Gasteiger partial charge in [-0.1, -0.05) is 18.2 Å². The summed E-state index contributed by atoms with van der Waals surface area (Å²) in [6.45, 7) is 0. The van der Waals surface area contributed by atoms with Gasteiger partial charge in [-0.05, 0) is 18.1 Å². The van der Waals surface area contributed by atoms with Crippen LogP contribution in [0.1, 0.15) is 5.56 Å². The normalized spacial score (nSPS) is 13.5. The number of benzene rings is 1. The van der Waals surface area contributed by atoms with Crippen LogP contribution in [0.3, 0.4) is 0 Å². The molecule has 0 aliphatic carbocycles. The van der Waals surface area contributed by atoms with Gasteiger partial charge < -0.3 is 10.0 Å². The van der Waals surface area contributed by atoms with Crippen LogP contribution in [0.2, 0.25) is 0 Å². The summed E-state index contributed by atoms with van der Waals surface area (Å²) in [6.07, 6.45) is 4.97. The molecule has 64 valence electrons. The third-order valence-electron chi connectivity index (χ3n) is 2.12. The minimum absolute atomic E-state index is 0. The first kappa shape index (κ1) is 10.3. The summed E-state index contributed by atoms with van der Waals surface area (Å²) in [5.41, 5.74) is 2.11. The van der Waals surface area contributed by atoms with Gasteiger partial charge in [0.05, 0.1) is 5.69 Å². The van der Waals surface area contributed by atoms with Gasteiger partial charge in [0.2, 0.25) is 0 Å². The Bertz CT molecular complexity index is 336. The summed E-state index contributed by atoms with van der Waals surface area (Å²) in [5.74, 6) is 0.361. The Morgan fingerprint density at radius 3 is 2.85 bits per heavy atom. The van der Waals surface area contributed by atoms with E-state index in [0.29, 0.717) is 5.75 Å². The third-order valence-corrected chi connectivity index (χ3v) is 2.12. The Labute approximate surface area is 90.6 Å². The van der Waals surface area contributed by atoms with Gasteiger partial charge in [-0.15, -0.1) is 0 Å². The van der Waals surface area contributed by atoms with Crippen molar-refractivity contribution in [1.29, 1.82) is 0 Å². The van der Waals surface area contributed by atoms with Gasteiger partial charge in [0, 0.05) is 32.7 Å². The summed E-state index contributed by atoms with van der Waals surface area (Å²) < 4.78 is 0. The fourth-order valence-electron chi connectivity index (χ4n) is 1.56. The average molecular weight is 227 g/mol. The van der Waals surface area contributed by atoms with Gasteiger partial charge in [-0.25, -0.2) is 0 Å². The molecule has 1 aliphatic heterocycles. The number of para-hydroxylation sites is 1. The van der Waals surface area contributed by atoms with Crippen molar-refractivity contribution in [2.45, 2.75) is 6.42 Å². The van der Waals surface area contributed by atoms with Gasteiger partial charge in [-0.2, -0.15) is 0 Å². The van der Waals surface area contributed by atoms with E-state index in [9.17, 15) is 5.11 Å². The summed E-state index contributed by atoms with van der Waals surface area (Å²) >= 11 is 0. The van der Waals surface area contributed by atoms with Gasteiger partial charge in [0.1, 0.15) is 5.75 Å². The van der Waals surface area contributed by atoms with E-state index in [0.717, 1.165) is 12.1 Å². The molecule has 1 heterocycles. The molecule has 0 fully saturated rings. The minimum atomic E-state index is 0. The van der Waals surface area contributed by atoms with E-state index in [-0.39, 0.29) is 19.5 Å². The van der Waals surface area contributed by atoms with Crippen LogP contribution >= 0.6 is 0 Å². The second-order valence-electron chi connectivity index (χ2n) is 2.98. The van der Waals surface area contributed by atoms with Crippen LogP contribution in [-0.2, 0) is 25.9 Å². The van der Waals surface area contributed by atoms with Crippen LogP contribution in [0.5, 0.6) is 5.75 Å². The van der Waals surface area contributed by atoms with E-state index in [2.05, 4.69) is 6.08 Å². The van der Waals surface area contributed by atoms with Crippen molar-refractivity contribution >= 4 is 5.69 Å². The van der Waals surface area contributed by atoms with Crippen LogP contribution in [0.25, 0.3) is 0 Å². The molecule has 1 aromatic rings.